The molecule has 19 heavy (non-hydrogen) atoms. The molecule has 0 fully saturated rings. The number of hydrogen-bond donors (Lipinski definition) is 1. The molecule has 0 atom stereocenters. The molecule has 0 spiro atoms. The minimum atomic E-state index is -1.33. The maximum atomic E-state index is 11.7. The lowest BCUT2D eigenvalue weighted by Crippen LogP contribution is -2.32. The van der Waals surface area contributed by atoms with Crippen molar-refractivity contribution >= 4 is 11.8 Å². The molecule has 1 aromatic rings. The Kier molecular flexibility index (Phi) is 4.84. The first kappa shape index (κ1) is 15.4. The van der Waals surface area contributed by atoms with E-state index in [9.17, 15) is 14.7 Å². The van der Waals surface area contributed by atoms with Gasteiger partial charge in [0.25, 0.3) is 0 Å². The molecule has 0 amide bonds. The largest absolute Gasteiger partial charge is 0.426 e. The van der Waals surface area contributed by atoms with E-state index in [-0.39, 0.29) is 24.1 Å². The van der Waals surface area contributed by atoms with Crippen LogP contribution in [0.25, 0.3) is 0 Å². The normalized spacial score (nSPS) is 11.5. The quantitative estimate of drug-likeness (QED) is 0.653. The van der Waals surface area contributed by atoms with E-state index in [4.69, 9.17) is 4.74 Å². The van der Waals surface area contributed by atoms with Crippen LogP contribution in [-0.2, 0) is 16.0 Å². The molecule has 4 heteroatoms. The van der Waals surface area contributed by atoms with E-state index in [0.717, 1.165) is 5.56 Å². The standard InChI is InChI=1S/C15H20O4/c1-10(2)14(17)19-12-7-5-11(6-8-12)9-13(16)15(3,4)18/h5-8,10,18H,9H2,1-4H3. The van der Waals surface area contributed by atoms with Crippen LogP contribution in [0.15, 0.2) is 24.3 Å². The van der Waals surface area contributed by atoms with Gasteiger partial charge < -0.3 is 9.84 Å². The van der Waals surface area contributed by atoms with Crippen molar-refractivity contribution in [3.63, 3.8) is 0 Å². The highest BCUT2D eigenvalue weighted by Crippen LogP contribution is 2.16. The summed E-state index contributed by atoms with van der Waals surface area (Å²) in [7, 11) is 0. The van der Waals surface area contributed by atoms with Crippen molar-refractivity contribution in [1.82, 2.24) is 0 Å². The zero-order valence-electron chi connectivity index (χ0n) is 11.8. The molecule has 0 unspecified atom stereocenters. The summed E-state index contributed by atoms with van der Waals surface area (Å²) in [5, 5.41) is 9.56. The van der Waals surface area contributed by atoms with Crippen molar-refractivity contribution in [2.75, 3.05) is 0 Å². The van der Waals surface area contributed by atoms with E-state index in [1.165, 1.54) is 13.8 Å². The highest BCUT2D eigenvalue weighted by molar-refractivity contribution is 5.88. The number of esters is 1. The zero-order chi connectivity index (χ0) is 14.6. The number of rotatable bonds is 5. The van der Waals surface area contributed by atoms with Crippen molar-refractivity contribution in [2.45, 2.75) is 39.7 Å². The Hall–Kier alpha value is -1.68. The molecule has 0 saturated carbocycles. The van der Waals surface area contributed by atoms with Gasteiger partial charge in [-0.25, -0.2) is 0 Å². The van der Waals surface area contributed by atoms with Crippen LogP contribution in [0.2, 0.25) is 0 Å². The SMILES string of the molecule is CC(C)C(=O)Oc1ccc(CC(=O)C(C)(C)O)cc1. The first-order valence-corrected chi connectivity index (χ1v) is 6.26. The van der Waals surface area contributed by atoms with Crippen LogP contribution in [-0.4, -0.2) is 22.5 Å². The van der Waals surface area contributed by atoms with Crippen molar-refractivity contribution < 1.29 is 19.4 Å². The van der Waals surface area contributed by atoms with Gasteiger partial charge in [0.15, 0.2) is 5.78 Å². The molecule has 4 nitrogen and oxygen atoms in total. The molecule has 1 aromatic carbocycles. The summed E-state index contributed by atoms with van der Waals surface area (Å²) in [4.78, 5) is 23.0. The van der Waals surface area contributed by atoms with Crippen LogP contribution in [0.4, 0.5) is 0 Å². The Balaban J connectivity index is 2.67. The highest BCUT2D eigenvalue weighted by atomic mass is 16.5. The molecule has 0 bridgehead atoms. The van der Waals surface area contributed by atoms with Crippen LogP contribution in [0.5, 0.6) is 5.75 Å². The first-order chi connectivity index (χ1) is 8.70. The van der Waals surface area contributed by atoms with E-state index < -0.39 is 5.60 Å². The summed E-state index contributed by atoms with van der Waals surface area (Å²) in [5.41, 5.74) is -0.556. The van der Waals surface area contributed by atoms with Crippen LogP contribution >= 0.6 is 0 Å². The van der Waals surface area contributed by atoms with Crippen molar-refractivity contribution in [3.8, 4) is 5.75 Å². The first-order valence-electron chi connectivity index (χ1n) is 6.26. The van der Waals surface area contributed by atoms with Crippen LogP contribution < -0.4 is 4.74 Å². The molecule has 0 aromatic heterocycles. The highest BCUT2D eigenvalue weighted by Gasteiger charge is 2.23. The number of ether oxygens (including phenoxy) is 1. The second-order valence-corrected chi connectivity index (χ2v) is 5.38. The number of benzene rings is 1. The van der Waals surface area contributed by atoms with E-state index in [0.29, 0.717) is 5.75 Å². The Morgan fingerprint density at radius 1 is 1.21 bits per heavy atom. The molecule has 104 valence electrons. The van der Waals surface area contributed by atoms with Gasteiger partial charge >= 0.3 is 5.97 Å². The lowest BCUT2D eigenvalue weighted by molar-refractivity contribution is -0.137. The molecule has 1 rings (SSSR count). The van der Waals surface area contributed by atoms with Gasteiger partial charge in [-0.2, -0.15) is 0 Å². The van der Waals surface area contributed by atoms with Gasteiger partial charge in [-0.3, -0.25) is 9.59 Å². The number of carbonyl (C=O) groups is 2. The van der Waals surface area contributed by atoms with Crippen molar-refractivity contribution in [3.05, 3.63) is 29.8 Å². The summed E-state index contributed by atoms with van der Waals surface area (Å²) in [5.74, 6) is -0.269. The van der Waals surface area contributed by atoms with Crippen molar-refractivity contribution in [1.29, 1.82) is 0 Å². The summed E-state index contributed by atoms with van der Waals surface area (Å²) >= 11 is 0. The predicted molar refractivity (Wildman–Crippen MR) is 71.9 cm³/mol. The summed E-state index contributed by atoms with van der Waals surface area (Å²) in [6.07, 6.45) is 0.155. The number of Topliss-reactive ketones (excluding diaryl/α,β-unsaturated/α-hetero) is 1. The topological polar surface area (TPSA) is 63.6 Å². The molecular formula is C15H20O4. The van der Waals surface area contributed by atoms with Gasteiger partial charge in [-0.15, -0.1) is 0 Å². The minimum absolute atomic E-state index is 0.155. The van der Waals surface area contributed by atoms with E-state index in [1.807, 2.05) is 0 Å². The molecule has 0 heterocycles. The van der Waals surface area contributed by atoms with E-state index >= 15 is 0 Å². The maximum Gasteiger partial charge on any atom is 0.313 e. The van der Waals surface area contributed by atoms with Crippen molar-refractivity contribution in [2.24, 2.45) is 5.92 Å². The minimum Gasteiger partial charge on any atom is -0.426 e. The Morgan fingerprint density at radius 3 is 2.16 bits per heavy atom. The van der Waals surface area contributed by atoms with Gasteiger partial charge in [0, 0.05) is 6.42 Å². The third kappa shape index (κ3) is 4.83. The molecule has 0 saturated heterocycles. The maximum absolute atomic E-state index is 11.7. The molecular weight excluding hydrogens is 244 g/mol. The summed E-state index contributed by atoms with van der Waals surface area (Å²) in [6, 6.07) is 6.72. The van der Waals surface area contributed by atoms with Crippen LogP contribution in [0, 0.1) is 5.92 Å². The van der Waals surface area contributed by atoms with Gasteiger partial charge in [0.1, 0.15) is 11.4 Å². The Morgan fingerprint density at radius 2 is 1.74 bits per heavy atom. The van der Waals surface area contributed by atoms with Crippen LogP contribution in [0.1, 0.15) is 33.3 Å². The van der Waals surface area contributed by atoms with Gasteiger partial charge in [-0.05, 0) is 31.5 Å². The van der Waals surface area contributed by atoms with E-state index in [1.54, 1.807) is 38.1 Å². The molecule has 0 radical (unpaired) electrons. The lowest BCUT2D eigenvalue weighted by atomic mass is 9.97. The third-order valence-corrected chi connectivity index (χ3v) is 2.66. The smallest absolute Gasteiger partial charge is 0.313 e. The number of hydrogen-bond acceptors (Lipinski definition) is 4. The number of carbonyl (C=O) groups excluding carboxylic acids is 2. The van der Waals surface area contributed by atoms with Gasteiger partial charge in [0.05, 0.1) is 5.92 Å². The van der Waals surface area contributed by atoms with Gasteiger partial charge in [0.2, 0.25) is 0 Å². The fourth-order valence-corrected chi connectivity index (χ4v) is 1.31. The third-order valence-electron chi connectivity index (χ3n) is 2.66. The zero-order valence-corrected chi connectivity index (χ0v) is 11.8. The Labute approximate surface area is 113 Å². The molecule has 1 N–H and O–H groups in total. The predicted octanol–water partition coefficient (Wildman–Crippen LogP) is 2.13. The number of aliphatic hydroxyl groups is 1. The summed E-state index contributed by atoms with van der Waals surface area (Å²) < 4.78 is 5.13. The lowest BCUT2D eigenvalue weighted by Gasteiger charge is -2.15. The summed E-state index contributed by atoms with van der Waals surface area (Å²) in [6.45, 7) is 6.46. The van der Waals surface area contributed by atoms with E-state index in [2.05, 4.69) is 0 Å². The molecule has 0 aliphatic heterocycles. The average Bonchev–Trinajstić information content (AvgIpc) is 2.30. The second-order valence-electron chi connectivity index (χ2n) is 5.38. The molecule has 0 aliphatic carbocycles. The van der Waals surface area contributed by atoms with Gasteiger partial charge in [-0.1, -0.05) is 26.0 Å². The average molecular weight is 264 g/mol. The Bertz CT molecular complexity index is 452. The fourth-order valence-electron chi connectivity index (χ4n) is 1.31. The van der Waals surface area contributed by atoms with Crippen LogP contribution in [0.3, 0.4) is 0 Å². The second kappa shape index (κ2) is 5.97. The fraction of sp³-hybridized carbons (Fsp3) is 0.467. The number of ketones is 1. The molecule has 0 aliphatic rings. The monoisotopic (exact) mass is 264 g/mol.